The van der Waals surface area contributed by atoms with Gasteiger partial charge in [-0.05, 0) is 24.1 Å². The maximum Gasteiger partial charge on any atom is 0.335 e. The van der Waals surface area contributed by atoms with Gasteiger partial charge in [0, 0.05) is 13.6 Å². The van der Waals surface area contributed by atoms with Crippen LogP contribution in [0.1, 0.15) is 30.6 Å². The molecular weight excluding hydrogens is 221 g/mol. The number of anilines is 1. The Morgan fingerprint density at radius 3 is 2.65 bits per heavy atom. The van der Waals surface area contributed by atoms with Crippen molar-refractivity contribution in [3.63, 3.8) is 0 Å². The van der Waals surface area contributed by atoms with Crippen LogP contribution < -0.4 is 4.90 Å². The number of rotatable bonds is 5. The summed E-state index contributed by atoms with van der Waals surface area (Å²) in [5.41, 5.74) is 0.415. The predicted molar refractivity (Wildman–Crippen MR) is 66.1 cm³/mol. The lowest BCUT2D eigenvalue weighted by atomic mass is 10.1. The highest BCUT2D eigenvalue weighted by molar-refractivity contribution is 5.88. The van der Waals surface area contributed by atoms with Crippen molar-refractivity contribution in [2.24, 2.45) is 5.92 Å². The first-order valence-corrected chi connectivity index (χ1v) is 5.69. The fourth-order valence-corrected chi connectivity index (χ4v) is 1.64. The molecule has 0 amide bonds. The van der Waals surface area contributed by atoms with E-state index in [4.69, 9.17) is 5.11 Å². The van der Waals surface area contributed by atoms with E-state index >= 15 is 0 Å². The third kappa shape index (κ3) is 3.44. The van der Waals surface area contributed by atoms with E-state index in [0.29, 0.717) is 11.6 Å². The highest BCUT2D eigenvalue weighted by Crippen LogP contribution is 2.20. The summed E-state index contributed by atoms with van der Waals surface area (Å²) >= 11 is 0. The van der Waals surface area contributed by atoms with Crippen molar-refractivity contribution in [1.29, 1.82) is 0 Å². The van der Waals surface area contributed by atoms with Gasteiger partial charge in [0.05, 0.1) is 11.3 Å². The molecule has 0 aliphatic rings. The van der Waals surface area contributed by atoms with Gasteiger partial charge in [-0.3, -0.25) is 0 Å². The average Bonchev–Trinajstić information content (AvgIpc) is 2.28. The molecule has 0 aromatic heterocycles. The highest BCUT2D eigenvalue weighted by Gasteiger charge is 2.12. The van der Waals surface area contributed by atoms with Gasteiger partial charge in [-0.1, -0.05) is 20.3 Å². The monoisotopic (exact) mass is 239 g/mol. The number of carboxylic acids is 1. The van der Waals surface area contributed by atoms with Gasteiger partial charge in [-0.2, -0.15) is 0 Å². The largest absolute Gasteiger partial charge is 0.478 e. The second-order valence-corrected chi connectivity index (χ2v) is 4.37. The lowest BCUT2D eigenvalue weighted by Crippen LogP contribution is -2.24. The van der Waals surface area contributed by atoms with Gasteiger partial charge in [0.15, 0.2) is 0 Å². The van der Waals surface area contributed by atoms with Crippen molar-refractivity contribution in [2.75, 3.05) is 18.5 Å². The standard InChI is InChI=1S/C13H18FNO2/c1-4-9(2)8-15(3)12-6-5-10(13(16)17)7-11(12)14/h5-7,9H,4,8H2,1-3H3,(H,16,17). The minimum Gasteiger partial charge on any atom is -0.478 e. The maximum atomic E-state index is 13.7. The van der Waals surface area contributed by atoms with E-state index in [0.717, 1.165) is 19.0 Å². The van der Waals surface area contributed by atoms with E-state index < -0.39 is 11.8 Å². The SMILES string of the molecule is CCC(C)CN(C)c1ccc(C(=O)O)cc1F. The minimum atomic E-state index is -1.11. The summed E-state index contributed by atoms with van der Waals surface area (Å²) in [6.45, 7) is 4.93. The Kier molecular flexibility index (Phi) is 4.49. The normalized spacial score (nSPS) is 12.2. The molecule has 17 heavy (non-hydrogen) atoms. The van der Waals surface area contributed by atoms with E-state index in [-0.39, 0.29) is 5.56 Å². The summed E-state index contributed by atoms with van der Waals surface area (Å²) in [4.78, 5) is 12.5. The molecule has 0 aliphatic heterocycles. The van der Waals surface area contributed by atoms with Crippen molar-refractivity contribution in [2.45, 2.75) is 20.3 Å². The molecule has 1 aromatic rings. The zero-order valence-corrected chi connectivity index (χ0v) is 10.4. The van der Waals surface area contributed by atoms with Crippen LogP contribution in [-0.2, 0) is 0 Å². The van der Waals surface area contributed by atoms with Crippen LogP contribution in [0.4, 0.5) is 10.1 Å². The van der Waals surface area contributed by atoms with Crippen LogP contribution in [-0.4, -0.2) is 24.7 Å². The van der Waals surface area contributed by atoms with Gasteiger partial charge in [0.25, 0.3) is 0 Å². The van der Waals surface area contributed by atoms with E-state index in [9.17, 15) is 9.18 Å². The summed E-state index contributed by atoms with van der Waals surface area (Å²) in [5, 5.41) is 8.74. The molecule has 0 saturated heterocycles. The molecule has 0 fully saturated rings. The van der Waals surface area contributed by atoms with E-state index in [2.05, 4.69) is 13.8 Å². The van der Waals surface area contributed by atoms with Crippen LogP contribution in [0.25, 0.3) is 0 Å². The highest BCUT2D eigenvalue weighted by atomic mass is 19.1. The first-order chi connectivity index (χ1) is 7.95. The zero-order valence-electron chi connectivity index (χ0n) is 10.4. The number of hydrogen-bond acceptors (Lipinski definition) is 2. The third-order valence-corrected chi connectivity index (χ3v) is 2.89. The second kappa shape index (κ2) is 5.66. The van der Waals surface area contributed by atoms with Gasteiger partial charge >= 0.3 is 5.97 Å². The maximum absolute atomic E-state index is 13.7. The Balaban J connectivity index is 2.88. The summed E-state index contributed by atoms with van der Waals surface area (Å²) in [7, 11) is 1.81. The van der Waals surface area contributed by atoms with Crippen molar-refractivity contribution < 1.29 is 14.3 Å². The summed E-state index contributed by atoms with van der Waals surface area (Å²) < 4.78 is 13.7. The van der Waals surface area contributed by atoms with Crippen LogP contribution >= 0.6 is 0 Å². The number of nitrogens with zero attached hydrogens (tertiary/aromatic N) is 1. The van der Waals surface area contributed by atoms with Gasteiger partial charge in [0.1, 0.15) is 5.82 Å². The van der Waals surface area contributed by atoms with E-state index in [1.165, 1.54) is 12.1 Å². The quantitative estimate of drug-likeness (QED) is 0.858. The van der Waals surface area contributed by atoms with E-state index in [1.54, 1.807) is 0 Å². The van der Waals surface area contributed by atoms with Crippen LogP contribution in [0.5, 0.6) is 0 Å². The Labute approximate surface area is 101 Å². The van der Waals surface area contributed by atoms with Crippen molar-refractivity contribution in [1.82, 2.24) is 0 Å². The second-order valence-electron chi connectivity index (χ2n) is 4.37. The van der Waals surface area contributed by atoms with Gasteiger partial charge in [-0.15, -0.1) is 0 Å². The van der Waals surface area contributed by atoms with Gasteiger partial charge in [-0.25, -0.2) is 9.18 Å². The third-order valence-electron chi connectivity index (χ3n) is 2.89. The lowest BCUT2D eigenvalue weighted by molar-refractivity contribution is 0.0696. The molecule has 0 aliphatic carbocycles. The fraction of sp³-hybridized carbons (Fsp3) is 0.462. The molecule has 0 saturated carbocycles. The Morgan fingerprint density at radius 1 is 1.53 bits per heavy atom. The smallest absolute Gasteiger partial charge is 0.335 e. The molecule has 3 nitrogen and oxygen atoms in total. The summed E-state index contributed by atoms with van der Waals surface area (Å²) in [6.07, 6.45) is 1.03. The first-order valence-electron chi connectivity index (χ1n) is 5.69. The molecule has 0 heterocycles. The van der Waals surface area contributed by atoms with Crippen molar-refractivity contribution >= 4 is 11.7 Å². The number of aromatic carboxylic acids is 1. The Hall–Kier alpha value is -1.58. The van der Waals surface area contributed by atoms with E-state index in [1.807, 2.05) is 11.9 Å². The molecule has 0 bridgehead atoms. The molecule has 1 aromatic carbocycles. The Bertz CT molecular complexity index is 406. The number of halogens is 1. The topological polar surface area (TPSA) is 40.5 Å². The molecule has 1 rings (SSSR count). The lowest BCUT2D eigenvalue weighted by Gasteiger charge is -2.23. The molecule has 1 atom stereocenters. The van der Waals surface area contributed by atoms with Gasteiger partial charge < -0.3 is 10.0 Å². The zero-order chi connectivity index (χ0) is 13.0. The number of hydrogen-bond donors (Lipinski definition) is 1. The molecule has 4 heteroatoms. The van der Waals surface area contributed by atoms with Crippen LogP contribution in [0.3, 0.4) is 0 Å². The summed E-state index contributed by atoms with van der Waals surface area (Å²) in [5.74, 6) is -1.13. The van der Waals surface area contributed by atoms with Crippen LogP contribution in [0.2, 0.25) is 0 Å². The Morgan fingerprint density at radius 2 is 2.18 bits per heavy atom. The molecule has 0 spiro atoms. The minimum absolute atomic E-state index is 0.0248. The number of carboxylic acid groups (broad SMARTS) is 1. The molecule has 1 N–H and O–H groups in total. The molecule has 94 valence electrons. The summed E-state index contributed by atoms with van der Waals surface area (Å²) in [6, 6.07) is 4.00. The number of benzene rings is 1. The average molecular weight is 239 g/mol. The van der Waals surface area contributed by atoms with Crippen LogP contribution in [0, 0.1) is 11.7 Å². The van der Waals surface area contributed by atoms with Crippen LogP contribution in [0.15, 0.2) is 18.2 Å². The van der Waals surface area contributed by atoms with Gasteiger partial charge in [0.2, 0.25) is 0 Å². The molecular formula is C13H18FNO2. The molecule has 0 radical (unpaired) electrons. The van der Waals surface area contributed by atoms with Crippen molar-refractivity contribution in [3.8, 4) is 0 Å². The molecule has 1 unspecified atom stereocenters. The number of carbonyl (C=O) groups is 1. The predicted octanol–water partition coefficient (Wildman–Crippen LogP) is 3.01. The fourth-order valence-electron chi connectivity index (χ4n) is 1.64. The first kappa shape index (κ1) is 13.5. The van der Waals surface area contributed by atoms with Crippen molar-refractivity contribution in [3.05, 3.63) is 29.6 Å².